The van der Waals surface area contributed by atoms with Crippen molar-refractivity contribution in [3.05, 3.63) is 58.7 Å². The standard InChI is InChI=1S/C21H20F5NO2S/c1-11-8-13(10-17(22)19(11)23)27-20(29)12-2-7-16(21(24,25)26)18(9-12)30-15-5-3-14(28)4-6-15/h2,7-10,14-15,28H,3-6H2,1H3,(H,27,29). The Hall–Kier alpha value is -2.13. The maximum Gasteiger partial charge on any atom is 0.417 e. The molecule has 0 atom stereocenters. The average molecular weight is 445 g/mol. The van der Waals surface area contributed by atoms with Crippen molar-refractivity contribution in [2.45, 2.75) is 55.0 Å². The molecule has 30 heavy (non-hydrogen) atoms. The van der Waals surface area contributed by atoms with Gasteiger partial charge >= 0.3 is 6.18 Å². The minimum Gasteiger partial charge on any atom is -0.393 e. The van der Waals surface area contributed by atoms with Gasteiger partial charge in [-0.25, -0.2) is 8.78 Å². The first kappa shape index (κ1) is 22.6. The molecule has 1 saturated carbocycles. The number of aryl methyl sites for hydroxylation is 1. The van der Waals surface area contributed by atoms with E-state index in [1.165, 1.54) is 19.1 Å². The Balaban J connectivity index is 1.85. The highest BCUT2D eigenvalue weighted by atomic mass is 32.2. The molecule has 1 fully saturated rings. The molecule has 162 valence electrons. The molecule has 3 nitrogen and oxygen atoms in total. The lowest BCUT2D eigenvalue weighted by atomic mass is 9.97. The van der Waals surface area contributed by atoms with E-state index in [9.17, 15) is 31.9 Å². The summed E-state index contributed by atoms with van der Waals surface area (Å²) < 4.78 is 67.3. The van der Waals surface area contributed by atoms with Crippen molar-refractivity contribution in [1.29, 1.82) is 0 Å². The zero-order valence-corrected chi connectivity index (χ0v) is 16.8. The number of carbonyl (C=O) groups is 1. The number of aliphatic hydroxyl groups is 1. The van der Waals surface area contributed by atoms with Crippen LogP contribution in [0.15, 0.2) is 35.2 Å². The topological polar surface area (TPSA) is 49.3 Å². The fourth-order valence-corrected chi connectivity index (χ4v) is 4.71. The van der Waals surface area contributed by atoms with Gasteiger partial charge in [-0.3, -0.25) is 4.79 Å². The van der Waals surface area contributed by atoms with E-state index in [1.54, 1.807) is 0 Å². The summed E-state index contributed by atoms with van der Waals surface area (Å²) in [6.07, 6.45) is -2.81. The number of aliphatic hydroxyl groups excluding tert-OH is 1. The second-order valence-electron chi connectivity index (χ2n) is 7.30. The van der Waals surface area contributed by atoms with Gasteiger partial charge < -0.3 is 10.4 Å². The van der Waals surface area contributed by atoms with Gasteiger partial charge in [-0.05, 0) is 62.4 Å². The van der Waals surface area contributed by atoms with Crippen molar-refractivity contribution in [1.82, 2.24) is 0 Å². The molecule has 1 amide bonds. The lowest BCUT2D eigenvalue weighted by Crippen LogP contribution is -2.20. The van der Waals surface area contributed by atoms with Gasteiger partial charge in [0.15, 0.2) is 11.6 Å². The summed E-state index contributed by atoms with van der Waals surface area (Å²) >= 11 is 1.04. The first-order valence-corrected chi connectivity index (χ1v) is 10.3. The van der Waals surface area contributed by atoms with Crippen LogP contribution in [-0.2, 0) is 6.18 Å². The molecule has 0 saturated heterocycles. The maximum absolute atomic E-state index is 13.6. The molecular weight excluding hydrogens is 425 g/mol. The minimum absolute atomic E-state index is 0.00606. The van der Waals surface area contributed by atoms with E-state index in [0.29, 0.717) is 25.7 Å². The van der Waals surface area contributed by atoms with Crippen molar-refractivity contribution in [3.8, 4) is 0 Å². The Kier molecular flexibility index (Phi) is 6.71. The summed E-state index contributed by atoms with van der Waals surface area (Å²) in [5.74, 6) is -2.89. The largest absolute Gasteiger partial charge is 0.417 e. The van der Waals surface area contributed by atoms with Gasteiger partial charge in [0.25, 0.3) is 5.91 Å². The number of amides is 1. The van der Waals surface area contributed by atoms with Crippen LogP contribution in [0.3, 0.4) is 0 Å². The van der Waals surface area contributed by atoms with E-state index < -0.39 is 35.4 Å². The van der Waals surface area contributed by atoms with Crippen molar-refractivity contribution >= 4 is 23.4 Å². The summed E-state index contributed by atoms with van der Waals surface area (Å²) in [4.78, 5) is 12.4. The Morgan fingerprint density at radius 2 is 1.77 bits per heavy atom. The first-order chi connectivity index (χ1) is 14.0. The number of halogens is 5. The summed E-state index contributed by atoms with van der Waals surface area (Å²) in [7, 11) is 0. The summed E-state index contributed by atoms with van der Waals surface area (Å²) in [5, 5.41) is 11.9. The highest BCUT2D eigenvalue weighted by molar-refractivity contribution is 8.00. The van der Waals surface area contributed by atoms with Crippen LogP contribution in [0.1, 0.15) is 47.2 Å². The van der Waals surface area contributed by atoms with Crippen LogP contribution in [-0.4, -0.2) is 22.4 Å². The maximum atomic E-state index is 13.6. The Labute approximate surface area is 174 Å². The first-order valence-electron chi connectivity index (χ1n) is 9.37. The van der Waals surface area contributed by atoms with E-state index in [1.807, 2.05) is 0 Å². The molecule has 2 aromatic rings. The fraction of sp³-hybridized carbons (Fsp3) is 0.381. The Bertz CT molecular complexity index is 916. The van der Waals surface area contributed by atoms with Gasteiger partial charge in [0, 0.05) is 27.5 Å². The normalized spacial score (nSPS) is 19.6. The average Bonchev–Trinajstić information content (AvgIpc) is 2.67. The van der Waals surface area contributed by atoms with Gasteiger partial charge in [-0.1, -0.05) is 0 Å². The Morgan fingerprint density at radius 3 is 2.37 bits per heavy atom. The fourth-order valence-electron chi connectivity index (χ4n) is 3.34. The van der Waals surface area contributed by atoms with E-state index in [4.69, 9.17) is 0 Å². The van der Waals surface area contributed by atoms with Crippen LogP contribution in [0, 0.1) is 18.6 Å². The van der Waals surface area contributed by atoms with Gasteiger partial charge in [-0.15, -0.1) is 11.8 Å². The van der Waals surface area contributed by atoms with Gasteiger partial charge in [0.1, 0.15) is 0 Å². The lowest BCUT2D eigenvalue weighted by molar-refractivity contribution is -0.139. The summed E-state index contributed by atoms with van der Waals surface area (Å²) in [6.45, 7) is 1.34. The molecule has 1 aliphatic carbocycles. The van der Waals surface area contributed by atoms with E-state index in [-0.39, 0.29) is 27.0 Å². The third-order valence-corrected chi connectivity index (χ3v) is 6.35. The minimum atomic E-state index is -4.58. The molecule has 0 aromatic heterocycles. The monoisotopic (exact) mass is 445 g/mol. The predicted octanol–water partition coefficient (Wildman–Crippen LogP) is 5.94. The number of carbonyl (C=O) groups excluding carboxylic acids is 1. The number of hydrogen-bond donors (Lipinski definition) is 2. The highest BCUT2D eigenvalue weighted by Gasteiger charge is 2.35. The molecule has 3 rings (SSSR count). The van der Waals surface area contributed by atoms with Gasteiger partial charge in [0.2, 0.25) is 0 Å². The SMILES string of the molecule is Cc1cc(NC(=O)c2ccc(C(F)(F)F)c(SC3CCC(O)CC3)c2)cc(F)c1F. The lowest BCUT2D eigenvalue weighted by Gasteiger charge is -2.26. The number of hydrogen-bond acceptors (Lipinski definition) is 3. The highest BCUT2D eigenvalue weighted by Crippen LogP contribution is 2.41. The molecule has 1 aliphatic rings. The molecule has 0 radical (unpaired) electrons. The molecule has 9 heteroatoms. The van der Waals surface area contributed by atoms with Crippen molar-refractivity contribution in [2.75, 3.05) is 5.32 Å². The van der Waals surface area contributed by atoms with Crippen molar-refractivity contribution < 1.29 is 31.9 Å². The molecule has 2 N–H and O–H groups in total. The smallest absolute Gasteiger partial charge is 0.393 e. The number of thioether (sulfide) groups is 1. The summed E-state index contributed by atoms with van der Waals surface area (Å²) in [6, 6.07) is 5.13. The van der Waals surface area contributed by atoms with Crippen LogP contribution in [0.4, 0.5) is 27.6 Å². The van der Waals surface area contributed by atoms with Gasteiger partial charge in [0.05, 0.1) is 11.7 Å². The number of alkyl halides is 3. The van der Waals surface area contributed by atoms with Crippen LogP contribution in [0.2, 0.25) is 0 Å². The molecule has 0 spiro atoms. The number of benzene rings is 2. The molecular formula is C21H20F5NO2S. The van der Waals surface area contributed by atoms with Crippen LogP contribution >= 0.6 is 11.8 Å². The third-order valence-electron chi connectivity index (χ3n) is 4.95. The zero-order chi connectivity index (χ0) is 22.1. The van der Waals surface area contributed by atoms with E-state index >= 15 is 0 Å². The van der Waals surface area contributed by atoms with Crippen LogP contribution in [0.25, 0.3) is 0 Å². The van der Waals surface area contributed by atoms with E-state index in [0.717, 1.165) is 30.0 Å². The van der Waals surface area contributed by atoms with E-state index in [2.05, 4.69) is 5.32 Å². The molecule has 0 bridgehead atoms. The molecule has 0 aliphatic heterocycles. The second-order valence-corrected chi connectivity index (χ2v) is 8.64. The van der Waals surface area contributed by atoms with Gasteiger partial charge in [-0.2, -0.15) is 13.2 Å². The third kappa shape index (κ3) is 5.31. The van der Waals surface area contributed by atoms with Crippen molar-refractivity contribution in [3.63, 3.8) is 0 Å². The number of nitrogens with one attached hydrogen (secondary N) is 1. The molecule has 2 aromatic carbocycles. The molecule has 0 unspecified atom stereocenters. The quantitative estimate of drug-likeness (QED) is 0.573. The summed E-state index contributed by atoms with van der Waals surface area (Å²) in [5.41, 5.74) is -0.859. The van der Waals surface area contributed by atoms with Crippen LogP contribution < -0.4 is 5.32 Å². The number of anilines is 1. The second kappa shape index (κ2) is 8.93. The van der Waals surface area contributed by atoms with Crippen LogP contribution in [0.5, 0.6) is 0 Å². The molecule has 0 heterocycles. The zero-order valence-electron chi connectivity index (χ0n) is 16.0. The van der Waals surface area contributed by atoms with Crippen molar-refractivity contribution in [2.24, 2.45) is 0 Å². The number of rotatable bonds is 4. The Morgan fingerprint density at radius 1 is 1.10 bits per heavy atom. The predicted molar refractivity (Wildman–Crippen MR) is 105 cm³/mol.